The fourth-order valence-corrected chi connectivity index (χ4v) is 4.34. The van der Waals surface area contributed by atoms with Crippen LogP contribution >= 0.6 is 0 Å². The Hall–Kier alpha value is -3.66. The highest BCUT2D eigenvalue weighted by molar-refractivity contribution is 5.91. The lowest BCUT2D eigenvalue weighted by molar-refractivity contribution is 0.0734. The van der Waals surface area contributed by atoms with Crippen molar-refractivity contribution in [2.75, 3.05) is 26.4 Å². The Morgan fingerprint density at radius 2 is 1.66 bits per heavy atom. The Morgan fingerprint density at radius 1 is 0.971 bits per heavy atom. The van der Waals surface area contributed by atoms with Crippen LogP contribution in [0.3, 0.4) is 0 Å². The van der Waals surface area contributed by atoms with Gasteiger partial charge in [-0.3, -0.25) is 0 Å². The Labute approximate surface area is 205 Å². The van der Waals surface area contributed by atoms with Crippen LogP contribution in [-0.4, -0.2) is 38.5 Å². The van der Waals surface area contributed by atoms with Crippen molar-refractivity contribution in [2.24, 2.45) is 0 Å². The van der Waals surface area contributed by atoms with Gasteiger partial charge < -0.3 is 18.9 Å². The molecule has 1 fully saturated rings. The summed E-state index contributed by atoms with van der Waals surface area (Å²) in [5.74, 6) is 0.935. The quantitative estimate of drug-likeness (QED) is 0.169. The highest BCUT2D eigenvalue weighted by Crippen LogP contribution is 2.46. The van der Waals surface area contributed by atoms with E-state index in [1.807, 2.05) is 36.4 Å². The molecule has 0 amide bonds. The molecule has 2 aliphatic rings. The number of unbranched alkanes of at least 4 members (excludes halogenated alkanes) is 1. The van der Waals surface area contributed by atoms with Gasteiger partial charge in [-0.15, -0.1) is 0 Å². The number of ether oxygens (including phenoxy) is 4. The monoisotopic (exact) mass is 469 g/mol. The number of nitrogens with zero attached hydrogens (tertiary/aromatic N) is 1. The zero-order valence-electron chi connectivity index (χ0n) is 19.7. The number of epoxide rings is 1. The van der Waals surface area contributed by atoms with Gasteiger partial charge in [-0.05, 0) is 83.6 Å². The standard InChI is InChI=1S/C29H27NO5/c1-19-27-14-20(16-30)4-10-25(27)26-11-9-23(15-28(19)26)35-29(31)21-5-7-22(8-6-21)33-13-3-2-12-32-17-24-18-34-24/h4-11,14-15,19,24H,2-3,12-13,17-18H2,1H3. The molecular formula is C29H27NO5. The molecule has 6 nitrogen and oxygen atoms in total. The number of esters is 1. The van der Waals surface area contributed by atoms with Crippen molar-refractivity contribution in [2.45, 2.75) is 31.8 Å². The third-order valence-electron chi connectivity index (χ3n) is 6.39. The molecule has 0 bridgehead atoms. The molecular weight excluding hydrogens is 442 g/mol. The molecule has 1 heterocycles. The molecule has 1 aliphatic heterocycles. The first-order chi connectivity index (χ1) is 17.1. The molecule has 178 valence electrons. The first-order valence-corrected chi connectivity index (χ1v) is 11.9. The number of carbonyl (C=O) groups excluding carboxylic acids is 1. The van der Waals surface area contributed by atoms with Crippen LogP contribution in [0, 0.1) is 11.3 Å². The van der Waals surface area contributed by atoms with Gasteiger partial charge >= 0.3 is 5.97 Å². The van der Waals surface area contributed by atoms with Gasteiger partial charge in [0.05, 0.1) is 37.0 Å². The largest absolute Gasteiger partial charge is 0.494 e. The lowest BCUT2D eigenvalue weighted by Gasteiger charge is -2.10. The topological polar surface area (TPSA) is 81.1 Å². The van der Waals surface area contributed by atoms with Crippen LogP contribution in [0.1, 0.15) is 52.7 Å². The van der Waals surface area contributed by atoms with Gasteiger partial charge in [-0.1, -0.05) is 19.1 Å². The number of rotatable bonds is 10. The van der Waals surface area contributed by atoms with Crippen LogP contribution in [0.25, 0.3) is 11.1 Å². The van der Waals surface area contributed by atoms with Crippen LogP contribution in [-0.2, 0) is 9.47 Å². The molecule has 0 saturated carbocycles. The third-order valence-corrected chi connectivity index (χ3v) is 6.39. The fraction of sp³-hybridized carbons (Fsp3) is 0.310. The van der Waals surface area contributed by atoms with Gasteiger partial charge in [0.2, 0.25) is 0 Å². The minimum atomic E-state index is -0.414. The molecule has 1 saturated heterocycles. The maximum atomic E-state index is 12.7. The summed E-state index contributed by atoms with van der Waals surface area (Å²) in [6, 6.07) is 20.7. The smallest absolute Gasteiger partial charge is 0.343 e. The molecule has 3 aromatic rings. The van der Waals surface area contributed by atoms with Crippen molar-refractivity contribution < 1.29 is 23.7 Å². The summed E-state index contributed by atoms with van der Waals surface area (Å²) in [4.78, 5) is 12.7. The SMILES string of the molecule is CC1c2cc(C#N)ccc2-c2ccc(OC(=O)c3ccc(OCCCCOCC4CO4)cc3)cc21. The minimum Gasteiger partial charge on any atom is -0.494 e. The number of hydrogen-bond acceptors (Lipinski definition) is 6. The lowest BCUT2D eigenvalue weighted by Crippen LogP contribution is -2.09. The highest BCUT2D eigenvalue weighted by atomic mass is 16.6. The molecule has 0 spiro atoms. The summed E-state index contributed by atoms with van der Waals surface area (Å²) in [6.07, 6.45) is 2.13. The second kappa shape index (κ2) is 10.3. The lowest BCUT2D eigenvalue weighted by atomic mass is 9.98. The van der Waals surface area contributed by atoms with Gasteiger partial charge in [-0.2, -0.15) is 5.26 Å². The molecule has 1 aliphatic carbocycles. The number of carbonyl (C=O) groups is 1. The Bertz CT molecular complexity index is 1260. The van der Waals surface area contributed by atoms with Crippen molar-refractivity contribution in [3.05, 3.63) is 82.9 Å². The minimum absolute atomic E-state index is 0.127. The van der Waals surface area contributed by atoms with Crippen LogP contribution in [0.5, 0.6) is 11.5 Å². The van der Waals surface area contributed by atoms with E-state index in [2.05, 4.69) is 13.0 Å². The van der Waals surface area contributed by atoms with Crippen molar-refractivity contribution in [1.82, 2.24) is 0 Å². The molecule has 0 N–H and O–H groups in total. The van der Waals surface area contributed by atoms with Gasteiger partial charge in [-0.25, -0.2) is 4.79 Å². The van der Waals surface area contributed by atoms with E-state index in [-0.39, 0.29) is 5.92 Å². The molecule has 3 aromatic carbocycles. The fourth-order valence-electron chi connectivity index (χ4n) is 4.34. The molecule has 6 heteroatoms. The van der Waals surface area contributed by atoms with Crippen molar-refractivity contribution >= 4 is 5.97 Å². The Morgan fingerprint density at radius 3 is 2.40 bits per heavy atom. The van der Waals surface area contributed by atoms with Gasteiger partial charge in [0.15, 0.2) is 0 Å². The second-order valence-corrected chi connectivity index (χ2v) is 8.88. The molecule has 5 rings (SSSR count). The van der Waals surface area contributed by atoms with E-state index >= 15 is 0 Å². The first kappa shape index (κ1) is 23.1. The number of hydrogen-bond donors (Lipinski definition) is 0. The molecule has 2 unspecified atom stereocenters. The summed E-state index contributed by atoms with van der Waals surface area (Å²) >= 11 is 0. The summed E-state index contributed by atoms with van der Waals surface area (Å²) in [7, 11) is 0. The van der Waals surface area contributed by atoms with Gasteiger partial charge in [0.1, 0.15) is 17.6 Å². The highest BCUT2D eigenvalue weighted by Gasteiger charge is 2.26. The zero-order chi connectivity index (χ0) is 24.2. The van der Waals surface area contributed by atoms with Gasteiger partial charge in [0, 0.05) is 12.5 Å². The predicted molar refractivity (Wildman–Crippen MR) is 131 cm³/mol. The van der Waals surface area contributed by atoms with E-state index in [4.69, 9.17) is 18.9 Å². The average Bonchev–Trinajstić information content (AvgIpc) is 3.68. The van der Waals surface area contributed by atoms with E-state index in [0.29, 0.717) is 42.8 Å². The van der Waals surface area contributed by atoms with E-state index in [1.165, 1.54) is 0 Å². The Balaban J connectivity index is 1.13. The summed E-state index contributed by atoms with van der Waals surface area (Å²) in [5.41, 5.74) is 5.57. The predicted octanol–water partition coefficient (Wildman–Crippen LogP) is 5.48. The Kier molecular flexibility index (Phi) is 6.80. The summed E-state index contributed by atoms with van der Waals surface area (Å²) in [5, 5.41) is 9.22. The maximum absolute atomic E-state index is 12.7. The molecule has 0 radical (unpaired) electrons. The molecule has 35 heavy (non-hydrogen) atoms. The van der Waals surface area contributed by atoms with E-state index < -0.39 is 5.97 Å². The number of nitriles is 1. The van der Waals surface area contributed by atoms with Crippen molar-refractivity contribution in [3.8, 4) is 28.7 Å². The average molecular weight is 470 g/mol. The van der Waals surface area contributed by atoms with Crippen molar-refractivity contribution in [3.63, 3.8) is 0 Å². The number of fused-ring (bicyclic) bond motifs is 3. The first-order valence-electron chi connectivity index (χ1n) is 11.9. The van der Waals surface area contributed by atoms with E-state index in [0.717, 1.165) is 47.5 Å². The van der Waals surface area contributed by atoms with Crippen LogP contribution < -0.4 is 9.47 Å². The molecule has 0 aromatic heterocycles. The van der Waals surface area contributed by atoms with Gasteiger partial charge in [0.25, 0.3) is 0 Å². The van der Waals surface area contributed by atoms with Crippen LogP contribution in [0.4, 0.5) is 0 Å². The number of benzene rings is 3. The van der Waals surface area contributed by atoms with Crippen LogP contribution in [0.15, 0.2) is 60.7 Å². The van der Waals surface area contributed by atoms with Crippen LogP contribution in [0.2, 0.25) is 0 Å². The third kappa shape index (κ3) is 5.37. The van der Waals surface area contributed by atoms with Crippen molar-refractivity contribution in [1.29, 1.82) is 5.26 Å². The zero-order valence-corrected chi connectivity index (χ0v) is 19.7. The summed E-state index contributed by atoms with van der Waals surface area (Å²) < 4.78 is 22.0. The van der Waals surface area contributed by atoms with E-state index in [1.54, 1.807) is 24.3 Å². The van der Waals surface area contributed by atoms with E-state index in [9.17, 15) is 10.1 Å². The maximum Gasteiger partial charge on any atom is 0.343 e. The second-order valence-electron chi connectivity index (χ2n) is 8.88. The summed E-state index contributed by atoms with van der Waals surface area (Å²) in [6.45, 7) is 4.91. The normalized spacial score (nSPS) is 17.3. The molecule has 2 atom stereocenters.